The molecule has 6 heteroatoms. The highest BCUT2D eigenvalue weighted by molar-refractivity contribution is 7.84. The van der Waals surface area contributed by atoms with Crippen LogP contribution >= 0.6 is 11.6 Å². The fraction of sp³-hybridized carbons (Fsp3) is 0.538. The number of nitrogens with two attached hydrogens (primary N) is 1. The van der Waals surface area contributed by atoms with Crippen molar-refractivity contribution in [2.24, 2.45) is 5.14 Å². The molecule has 0 aromatic heterocycles. The maximum absolute atomic E-state index is 14.0. The predicted octanol–water partition coefficient (Wildman–Crippen LogP) is 2.74. The number of benzene rings is 1. The van der Waals surface area contributed by atoms with Crippen molar-refractivity contribution in [2.75, 3.05) is 6.61 Å². The largest absolute Gasteiger partial charge is 0.396 e. The molecule has 0 saturated carbocycles. The first kappa shape index (κ1) is 16.6. The van der Waals surface area contributed by atoms with Crippen molar-refractivity contribution in [3.63, 3.8) is 0 Å². The van der Waals surface area contributed by atoms with Crippen LogP contribution in [0, 0.1) is 5.82 Å². The molecule has 0 aliphatic carbocycles. The summed E-state index contributed by atoms with van der Waals surface area (Å²) in [5.41, 5.74) is 0.431. The van der Waals surface area contributed by atoms with E-state index in [9.17, 15) is 8.60 Å². The normalized spacial score (nSPS) is 15.3. The minimum Gasteiger partial charge on any atom is -0.396 e. The molecule has 19 heavy (non-hydrogen) atoms. The van der Waals surface area contributed by atoms with Gasteiger partial charge in [0.15, 0.2) is 0 Å². The van der Waals surface area contributed by atoms with E-state index in [1.54, 1.807) is 26.0 Å². The van der Waals surface area contributed by atoms with Crippen molar-refractivity contribution in [1.82, 2.24) is 0 Å². The summed E-state index contributed by atoms with van der Waals surface area (Å²) in [5.74, 6) is -0.757. The molecular formula is C13H19ClFNO2S. The van der Waals surface area contributed by atoms with E-state index in [4.69, 9.17) is 21.8 Å². The van der Waals surface area contributed by atoms with Gasteiger partial charge in [-0.2, -0.15) is 0 Å². The maximum atomic E-state index is 14.0. The summed E-state index contributed by atoms with van der Waals surface area (Å²) in [6.07, 6.45) is 0.784. The molecule has 0 amide bonds. The van der Waals surface area contributed by atoms with Gasteiger partial charge in [0.2, 0.25) is 0 Å². The standard InChI is InChI=1S/C13H19ClFNO2S/c1-13(2,19(16)18)8-9(6-7-17)10-4-3-5-11(14)12(10)15/h3-5,9,17H,6-8,16H2,1-2H3/t9-,19?/m1/s1. The SMILES string of the molecule is CC(C)(C[C@@H](CCO)c1cccc(Cl)c1F)S(N)=O. The second kappa shape index (κ2) is 6.79. The van der Waals surface area contributed by atoms with Crippen LogP contribution in [0.1, 0.15) is 38.2 Å². The Morgan fingerprint density at radius 1 is 1.53 bits per heavy atom. The van der Waals surface area contributed by atoms with Gasteiger partial charge in [0.1, 0.15) is 5.82 Å². The van der Waals surface area contributed by atoms with Gasteiger partial charge in [-0.15, -0.1) is 0 Å². The van der Waals surface area contributed by atoms with E-state index < -0.39 is 21.5 Å². The Labute approximate surface area is 120 Å². The fourth-order valence-corrected chi connectivity index (χ4v) is 2.58. The molecule has 0 saturated heterocycles. The highest BCUT2D eigenvalue weighted by atomic mass is 35.5. The zero-order valence-electron chi connectivity index (χ0n) is 11.0. The Hall–Kier alpha value is -0.490. The van der Waals surface area contributed by atoms with Crippen molar-refractivity contribution in [3.8, 4) is 0 Å². The molecule has 1 aromatic rings. The second-order valence-electron chi connectivity index (χ2n) is 5.11. The van der Waals surface area contributed by atoms with Crippen molar-refractivity contribution < 1.29 is 13.7 Å². The van der Waals surface area contributed by atoms with Crippen LogP contribution in [0.2, 0.25) is 5.02 Å². The summed E-state index contributed by atoms with van der Waals surface area (Å²) >= 11 is 5.77. The van der Waals surface area contributed by atoms with Gasteiger partial charge in [-0.05, 0) is 44.2 Å². The molecule has 1 unspecified atom stereocenters. The van der Waals surface area contributed by atoms with Gasteiger partial charge in [0, 0.05) is 6.61 Å². The lowest BCUT2D eigenvalue weighted by atomic mass is 9.87. The van der Waals surface area contributed by atoms with Crippen LogP contribution in [-0.4, -0.2) is 20.7 Å². The Balaban J connectivity index is 3.07. The highest BCUT2D eigenvalue weighted by Gasteiger charge is 2.30. The average molecular weight is 308 g/mol. The first-order valence-electron chi connectivity index (χ1n) is 6.00. The van der Waals surface area contributed by atoms with Crippen molar-refractivity contribution in [1.29, 1.82) is 0 Å². The molecule has 0 aliphatic rings. The summed E-state index contributed by atoms with van der Waals surface area (Å²) < 4.78 is 24.9. The summed E-state index contributed by atoms with van der Waals surface area (Å²) in [4.78, 5) is 0. The molecule has 3 nitrogen and oxygen atoms in total. The summed E-state index contributed by atoms with van der Waals surface area (Å²) in [6.45, 7) is 3.44. The minimum absolute atomic E-state index is 0.0483. The quantitative estimate of drug-likeness (QED) is 0.849. The van der Waals surface area contributed by atoms with Crippen molar-refractivity contribution in [2.45, 2.75) is 37.4 Å². The molecular weight excluding hydrogens is 289 g/mol. The van der Waals surface area contributed by atoms with Gasteiger partial charge < -0.3 is 5.11 Å². The second-order valence-corrected chi connectivity index (χ2v) is 7.22. The van der Waals surface area contributed by atoms with Crippen LogP contribution < -0.4 is 5.14 Å². The van der Waals surface area contributed by atoms with Gasteiger partial charge in [-0.1, -0.05) is 23.7 Å². The number of hydrogen-bond acceptors (Lipinski definition) is 2. The van der Waals surface area contributed by atoms with Gasteiger partial charge in [-0.25, -0.2) is 8.60 Å². The summed E-state index contributed by atoms with van der Waals surface area (Å²) in [5, 5.41) is 14.6. The molecule has 2 atom stereocenters. The summed E-state index contributed by atoms with van der Waals surface area (Å²) in [6, 6.07) is 4.78. The van der Waals surface area contributed by atoms with Gasteiger partial charge >= 0.3 is 0 Å². The lowest BCUT2D eigenvalue weighted by Crippen LogP contribution is -2.34. The molecule has 1 rings (SSSR count). The zero-order chi connectivity index (χ0) is 14.6. The average Bonchev–Trinajstić information content (AvgIpc) is 2.32. The highest BCUT2D eigenvalue weighted by Crippen LogP contribution is 2.34. The number of rotatable bonds is 6. The number of halogens is 2. The van der Waals surface area contributed by atoms with E-state index in [-0.39, 0.29) is 17.5 Å². The lowest BCUT2D eigenvalue weighted by Gasteiger charge is -2.27. The molecule has 0 bridgehead atoms. The summed E-state index contributed by atoms with van der Waals surface area (Å²) in [7, 11) is -1.52. The fourth-order valence-electron chi connectivity index (χ4n) is 2.03. The van der Waals surface area contributed by atoms with E-state index in [0.29, 0.717) is 18.4 Å². The third-order valence-corrected chi connectivity index (χ3v) is 4.73. The van der Waals surface area contributed by atoms with Gasteiger partial charge in [0.25, 0.3) is 0 Å². The van der Waals surface area contributed by atoms with Crippen LogP contribution in [0.3, 0.4) is 0 Å². The van der Waals surface area contributed by atoms with Crippen LogP contribution in [0.25, 0.3) is 0 Å². The zero-order valence-corrected chi connectivity index (χ0v) is 12.6. The van der Waals surface area contributed by atoms with E-state index in [1.807, 2.05) is 0 Å². The Morgan fingerprint density at radius 3 is 2.68 bits per heavy atom. The first-order chi connectivity index (χ1) is 8.79. The maximum Gasteiger partial charge on any atom is 0.145 e. The van der Waals surface area contributed by atoms with Crippen LogP contribution in [0.4, 0.5) is 4.39 Å². The molecule has 1 aromatic carbocycles. The predicted molar refractivity (Wildman–Crippen MR) is 76.9 cm³/mol. The molecule has 0 aliphatic heterocycles. The first-order valence-corrected chi connectivity index (χ1v) is 7.59. The monoisotopic (exact) mass is 307 g/mol. The number of aliphatic hydroxyl groups excluding tert-OH is 1. The Bertz CT molecular complexity index is 468. The molecule has 108 valence electrons. The van der Waals surface area contributed by atoms with Gasteiger partial charge in [-0.3, -0.25) is 5.14 Å². The van der Waals surface area contributed by atoms with Crippen LogP contribution in [0.5, 0.6) is 0 Å². The van der Waals surface area contributed by atoms with E-state index >= 15 is 0 Å². The van der Waals surface area contributed by atoms with E-state index in [1.165, 1.54) is 6.07 Å². The molecule has 3 N–H and O–H groups in total. The third kappa shape index (κ3) is 4.24. The molecule has 0 spiro atoms. The minimum atomic E-state index is -1.52. The topological polar surface area (TPSA) is 63.3 Å². The van der Waals surface area contributed by atoms with Crippen molar-refractivity contribution >= 4 is 22.6 Å². The Morgan fingerprint density at radius 2 is 2.16 bits per heavy atom. The number of aliphatic hydroxyl groups is 1. The van der Waals surface area contributed by atoms with Crippen LogP contribution in [0.15, 0.2) is 18.2 Å². The molecule has 0 radical (unpaired) electrons. The van der Waals surface area contributed by atoms with E-state index in [0.717, 1.165) is 0 Å². The lowest BCUT2D eigenvalue weighted by molar-refractivity contribution is 0.268. The van der Waals surface area contributed by atoms with E-state index in [2.05, 4.69) is 0 Å². The van der Waals surface area contributed by atoms with Gasteiger partial charge in [0.05, 0.1) is 20.8 Å². The van der Waals surface area contributed by atoms with Crippen molar-refractivity contribution in [3.05, 3.63) is 34.6 Å². The molecule has 0 heterocycles. The number of hydrogen-bond donors (Lipinski definition) is 2. The third-order valence-electron chi connectivity index (χ3n) is 3.18. The molecule has 0 fully saturated rings. The smallest absolute Gasteiger partial charge is 0.145 e. The Kier molecular flexibility index (Phi) is 5.92. The van der Waals surface area contributed by atoms with Crippen LogP contribution in [-0.2, 0) is 11.0 Å².